The fourth-order valence-corrected chi connectivity index (χ4v) is 2.91. The molecule has 2 heteroatoms. The first kappa shape index (κ1) is 15.0. The lowest BCUT2D eigenvalue weighted by molar-refractivity contribution is 0.00957. The second-order valence-corrected chi connectivity index (χ2v) is 6.42. The highest BCUT2D eigenvalue weighted by atomic mass is 16.5. The van der Waals surface area contributed by atoms with Crippen molar-refractivity contribution < 1.29 is 4.74 Å². The number of rotatable bonds is 6. The van der Waals surface area contributed by atoms with Gasteiger partial charge in [-0.3, -0.25) is 0 Å². The summed E-state index contributed by atoms with van der Waals surface area (Å²) < 4.78 is 5.51. The van der Waals surface area contributed by atoms with E-state index in [0.29, 0.717) is 6.04 Å². The third kappa shape index (κ3) is 4.97. The molecule has 0 heterocycles. The summed E-state index contributed by atoms with van der Waals surface area (Å²) in [7, 11) is 3.93. The Labute approximate surface area is 108 Å². The van der Waals surface area contributed by atoms with Crippen molar-refractivity contribution in [1.82, 2.24) is 5.32 Å². The molecule has 17 heavy (non-hydrogen) atoms. The molecule has 1 atom stereocenters. The largest absolute Gasteiger partial charge is 0.379 e. The molecule has 0 aromatic heterocycles. The monoisotopic (exact) mass is 241 g/mol. The molecule has 0 aliphatic heterocycles. The van der Waals surface area contributed by atoms with Gasteiger partial charge in [-0.25, -0.2) is 0 Å². The van der Waals surface area contributed by atoms with Gasteiger partial charge < -0.3 is 10.1 Å². The van der Waals surface area contributed by atoms with E-state index in [-0.39, 0.29) is 5.60 Å². The smallest absolute Gasteiger partial charge is 0.0623 e. The van der Waals surface area contributed by atoms with Crippen molar-refractivity contribution in [2.24, 2.45) is 11.8 Å². The Balaban J connectivity index is 2.38. The lowest BCUT2D eigenvalue weighted by atomic mass is 9.77. The Hall–Kier alpha value is -0.0800. The molecule has 0 saturated heterocycles. The summed E-state index contributed by atoms with van der Waals surface area (Å²) in [6.07, 6.45) is 8.00. The van der Waals surface area contributed by atoms with E-state index in [9.17, 15) is 0 Å². The quantitative estimate of drug-likeness (QED) is 0.767. The van der Waals surface area contributed by atoms with E-state index in [1.165, 1.54) is 32.1 Å². The third-order valence-electron chi connectivity index (χ3n) is 4.61. The minimum absolute atomic E-state index is 0.0249. The van der Waals surface area contributed by atoms with E-state index in [4.69, 9.17) is 4.74 Å². The zero-order valence-corrected chi connectivity index (χ0v) is 12.4. The van der Waals surface area contributed by atoms with Crippen LogP contribution in [0.15, 0.2) is 0 Å². The van der Waals surface area contributed by atoms with E-state index < -0.39 is 0 Å². The SMILES string of the molecule is CNC(CCC(C)(C)OC)C1CCC(C)CC1. The first-order valence-electron chi connectivity index (χ1n) is 7.21. The Morgan fingerprint density at radius 3 is 2.29 bits per heavy atom. The molecule has 0 radical (unpaired) electrons. The van der Waals surface area contributed by atoms with E-state index in [1.54, 1.807) is 0 Å². The molecule has 1 aliphatic carbocycles. The van der Waals surface area contributed by atoms with Gasteiger partial charge in [0.25, 0.3) is 0 Å². The van der Waals surface area contributed by atoms with Gasteiger partial charge in [-0.05, 0) is 58.4 Å². The van der Waals surface area contributed by atoms with Crippen molar-refractivity contribution in [3.05, 3.63) is 0 Å². The van der Waals surface area contributed by atoms with Gasteiger partial charge in [-0.15, -0.1) is 0 Å². The Morgan fingerprint density at radius 1 is 1.24 bits per heavy atom. The number of methoxy groups -OCH3 is 1. The van der Waals surface area contributed by atoms with Crippen LogP contribution < -0.4 is 5.32 Å². The van der Waals surface area contributed by atoms with Crippen LogP contribution >= 0.6 is 0 Å². The maximum atomic E-state index is 5.51. The van der Waals surface area contributed by atoms with Gasteiger partial charge in [0.1, 0.15) is 0 Å². The molecule has 0 aromatic rings. The number of hydrogen-bond donors (Lipinski definition) is 1. The van der Waals surface area contributed by atoms with Gasteiger partial charge in [-0.1, -0.05) is 19.8 Å². The van der Waals surface area contributed by atoms with Crippen LogP contribution in [0.2, 0.25) is 0 Å². The third-order valence-corrected chi connectivity index (χ3v) is 4.61. The summed E-state index contributed by atoms with van der Waals surface area (Å²) in [5.41, 5.74) is 0.0249. The highest BCUT2D eigenvalue weighted by Crippen LogP contribution is 2.32. The zero-order valence-electron chi connectivity index (χ0n) is 12.4. The summed E-state index contributed by atoms with van der Waals surface area (Å²) >= 11 is 0. The van der Waals surface area contributed by atoms with Crippen molar-refractivity contribution >= 4 is 0 Å². The summed E-state index contributed by atoms with van der Waals surface area (Å²) in [6.45, 7) is 6.75. The zero-order chi connectivity index (χ0) is 12.9. The lowest BCUT2D eigenvalue weighted by Crippen LogP contribution is -2.37. The summed E-state index contributed by atoms with van der Waals surface area (Å²) in [6, 6.07) is 0.678. The van der Waals surface area contributed by atoms with Gasteiger partial charge >= 0.3 is 0 Å². The highest BCUT2D eigenvalue weighted by molar-refractivity contribution is 4.82. The fraction of sp³-hybridized carbons (Fsp3) is 1.00. The maximum Gasteiger partial charge on any atom is 0.0623 e. The van der Waals surface area contributed by atoms with Crippen molar-refractivity contribution in [2.45, 2.75) is 70.9 Å². The van der Waals surface area contributed by atoms with Crippen LogP contribution in [0.5, 0.6) is 0 Å². The molecule has 102 valence electrons. The lowest BCUT2D eigenvalue weighted by Gasteiger charge is -2.34. The summed E-state index contributed by atoms with van der Waals surface area (Å²) in [5, 5.41) is 3.53. The van der Waals surface area contributed by atoms with Crippen molar-refractivity contribution in [2.75, 3.05) is 14.2 Å². The molecule has 1 N–H and O–H groups in total. The van der Waals surface area contributed by atoms with Crippen LogP contribution in [0, 0.1) is 11.8 Å². The average molecular weight is 241 g/mol. The highest BCUT2D eigenvalue weighted by Gasteiger charge is 2.27. The molecular weight excluding hydrogens is 210 g/mol. The summed E-state index contributed by atoms with van der Waals surface area (Å²) in [5.74, 6) is 1.82. The van der Waals surface area contributed by atoms with E-state index >= 15 is 0 Å². The molecule has 0 amide bonds. The molecule has 1 saturated carbocycles. The van der Waals surface area contributed by atoms with Crippen LogP contribution in [0.4, 0.5) is 0 Å². The van der Waals surface area contributed by atoms with E-state index in [0.717, 1.165) is 18.3 Å². The van der Waals surface area contributed by atoms with E-state index in [1.807, 2.05) is 7.11 Å². The van der Waals surface area contributed by atoms with Crippen LogP contribution in [-0.4, -0.2) is 25.8 Å². The Morgan fingerprint density at radius 2 is 1.82 bits per heavy atom. The van der Waals surface area contributed by atoms with Gasteiger partial charge in [0.15, 0.2) is 0 Å². The Kier molecular flexibility index (Phi) is 5.94. The second kappa shape index (κ2) is 6.75. The van der Waals surface area contributed by atoms with Crippen LogP contribution in [0.1, 0.15) is 59.3 Å². The maximum absolute atomic E-state index is 5.51. The van der Waals surface area contributed by atoms with Crippen LogP contribution in [0.25, 0.3) is 0 Å². The molecule has 1 rings (SSSR count). The van der Waals surface area contributed by atoms with E-state index in [2.05, 4.69) is 33.1 Å². The topological polar surface area (TPSA) is 21.3 Å². The molecule has 0 bridgehead atoms. The van der Waals surface area contributed by atoms with Gasteiger partial charge in [-0.2, -0.15) is 0 Å². The minimum atomic E-state index is 0.0249. The van der Waals surface area contributed by atoms with Crippen molar-refractivity contribution in [3.63, 3.8) is 0 Å². The fourth-order valence-electron chi connectivity index (χ4n) is 2.91. The standard InChI is InChI=1S/C15H31NO/c1-12-6-8-13(9-7-12)14(16-4)10-11-15(2,3)17-5/h12-14,16H,6-11H2,1-5H3. The molecular formula is C15H31NO. The van der Waals surface area contributed by atoms with Gasteiger partial charge in [0.05, 0.1) is 5.60 Å². The molecule has 0 spiro atoms. The number of nitrogens with one attached hydrogen (secondary N) is 1. The first-order chi connectivity index (χ1) is 7.98. The van der Waals surface area contributed by atoms with Crippen molar-refractivity contribution in [1.29, 1.82) is 0 Å². The number of ether oxygens (including phenoxy) is 1. The first-order valence-corrected chi connectivity index (χ1v) is 7.21. The predicted molar refractivity (Wildman–Crippen MR) is 74.3 cm³/mol. The molecule has 2 nitrogen and oxygen atoms in total. The van der Waals surface area contributed by atoms with Gasteiger partial charge in [0, 0.05) is 13.2 Å². The molecule has 1 aliphatic rings. The van der Waals surface area contributed by atoms with Crippen molar-refractivity contribution in [3.8, 4) is 0 Å². The molecule has 1 unspecified atom stereocenters. The molecule has 1 fully saturated rings. The minimum Gasteiger partial charge on any atom is -0.379 e. The summed E-state index contributed by atoms with van der Waals surface area (Å²) in [4.78, 5) is 0. The van der Waals surface area contributed by atoms with Crippen LogP contribution in [-0.2, 0) is 4.74 Å². The average Bonchev–Trinajstić information content (AvgIpc) is 2.32. The normalized spacial score (nSPS) is 28.1. The predicted octanol–water partition coefficient (Wildman–Crippen LogP) is 3.61. The number of hydrogen-bond acceptors (Lipinski definition) is 2. The van der Waals surface area contributed by atoms with Gasteiger partial charge in [0.2, 0.25) is 0 Å². The second-order valence-electron chi connectivity index (χ2n) is 6.42. The molecule has 0 aromatic carbocycles. The Bertz CT molecular complexity index is 207. The van der Waals surface area contributed by atoms with Crippen LogP contribution in [0.3, 0.4) is 0 Å².